The summed E-state index contributed by atoms with van der Waals surface area (Å²) < 4.78 is 4.86. The maximum atomic E-state index is 2.46. The van der Waals surface area contributed by atoms with Crippen molar-refractivity contribution in [2.75, 3.05) is 0 Å². The predicted octanol–water partition coefficient (Wildman–Crippen LogP) is 24.1. The number of aromatic nitrogens is 2. The summed E-state index contributed by atoms with van der Waals surface area (Å²) in [6.45, 7) is 9.58. The Hall–Kier alpha value is -11.3. The van der Waals surface area contributed by atoms with Crippen LogP contribution in [-0.4, -0.2) is 9.13 Å². The minimum absolute atomic E-state index is 0.162. The van der Waals surface area contributed by atoms with Gasteiger partial charge in [-0.2, -0.15) is 0 Å². The Bertz CT molecular complexity index is 5430. The highest BCUT2D eigenvalue weighted by atomic mass is 15.0. The van der Waals surface area contributed by atoms with E-state index in [0.717, 1.165) is 0 Å². The van der Waals surface area contributed by atoms with Gasteiger partial charge in [-0.1, -0.05) is 283 Å². The van der Waals surface area contributed by atoms with Crippen molar-refractivity contribution in [3.63, 3.8) is 0 Å². The summed E-state index contributed by atoms with van der Waals surface area (Å²) in [6, 6.07) is 108. The average Bonchev–Trinajstić information content (AvgIpc) is 1.60. The Morgan fingerprint density at radius 1 is 0.228 bits per heavy atom. The summed E-state index contributed by atoms with van der Waals surface area (Å²) in [4.78, 5) is 0. The van der Waals surface area contributed by atoms with Crippen molar-refractivity contribution >= 4 is 89.5 Å². The molecule has 0 bridgehead atoms. The maximum absolute atomic E-state index is 2.46. The molecule has 2 aliphatic rings. The topological polar surface area (TPSA) is 9.86 Å². The van der Waals surface area contributed by atoms with Crippen LogP contribution in [0.5, 0.6) is 0 Å². The number of benzene rings is 14. The fraction of sp³-hybridized carbons (Fsp3) is 0.0667. The van der Waals surface area contributed by atoms with E-state index >= 15 is 0 Å². The van der Waals surface area contributed by atoms with E-state index in [1.165, 1.54) is 177 Å². The van der Waals surface area contributed by atoms with E-state index in [9.17, 15) is 0 Å². The zero-order valence-corrected chi connectivity index (χ0v) is 51.9. The second-order valence-electron chi connectivity index (χ2n) is 26.5. The molecule has 0 fully saturated rings. The lowest BCUT2D eigenvalue weighted by Crippen LogP contribution is -2.15. The minimum atomic E-state index is -0.162. The Morgan fingerprint density at radius 2 is 0.533 bits per heavy atom. The van der Waals surface area contributed by atoms with Crippen molar-refractivity contribution in [2.45, 2.75) is 38.5 Å². The molecule has 18 rings (SSSR count). The number of rotatable bonds is 9. The first-order chi connectivity index (χ1) is 45.1. The molecule has 2 aliphatic carbocycles. The van der Waals surface area contributed by atoms with Crippen molar-refractivity contribution in [1.29, 1.82) is 0 Å². The standard InChI is InChI=1S/C90H64N2/c1-89(2)79-51-59(29-27-57-31-37-61(38-32-57)65-43-49-87-77(53-65)75-21-9-11-23-85(75)91(87)83-25-13-17-63-15-5-7-19-69(63)83)35-45-71(79)73-47-41-67(55-81(73)89)68-42-48-74-72-46-36-60(52-80(72)90(3,4)82(74)56-68)30-28-58-33-39-62(40-34-58)66-44-50-88-78(54-66)76-22-10-12-24-86(76)92(88)84-26-14-18-64-16-6-8-20-70(64)84/h5-56H,1-4H3/b29-27+,30-28+. The fourth-order valence-corrected chi connectivity index (χ4v) is 15.7. The average molecular weight is 1170 g/mol. The Kier molecular flexibility index (Phi) is 12.0. The molecular weight excluding hydrogens is 1110 g/mol. The summed E-state index contributed by atoms with van der Waals surface area (Å²) in [5.41, 5.74) is 29.9. The highest BCUT2D eigenvalue weighted by Gasteiger charge is 2.38. The van der Waals surface area contributed by atoms with Gasteiger partial charge in [0.05, 0.1) is 33.4 Å². The van der Waals surface area contributed by atoms with Crippen LogP contribution in [0, 0.1) is 0 Å². The number of nitrogens with zero attached hydrogens (tertiary/aromatic N) is 2. The Balaban J connectivity index is 0.564. The number of hydrogen-bond acceptors (Lipinski definition) is 0. The molecule has 0 amide bonds. The van der Waals surface area contributed by atoms with Gasteiger partial charge in [-0.05, 0) is 172 Å². The van der Waals surface area contributed by atoms with Gasteiger partial charge < -0.3 is 9.13 Å². The van der Waals surface area contributed by atoms with Crippen LogP contribution in [-0.2, 0) is 10.8 Å². The Labute approximate surface area is 536 Å². The normalized spacial score (nSPS) is 13.7. The molecule has 0 spiro atoms. The molecule has 0 atom stereocenters. The van der Waals surface area contributed by atoms with Crippen LogP contribution in [0.15, 0.2) is 291 Å². The van der Waals surface area contributed by atoms with Gasteiger partial charge in [-0.15, -0.1) is 0 Å². The van der Waals surface area contributed by atoms with Crippen molar-refractivity contribution in [1.82, 2.24) is 9.13 Å². The lowest BCUT2D eigenvalue weighted by atomic mass is 9.80. The van der Waals surface area contributed by atoms with E-state index in [1.54, 1.807) is 0 Å². The molecular formula is C90H64N2. The zero-order valence-electron chi connectivity index (χ0n) is 51.9. The van der Waals surface area contributed by atoms with Crippen LogP contribution >= 0.6 is 0 Å². The van der Waals surface area contributed by atoms with E-state index in [-0.39, 0.29) is 10.8 Å². The molecule has 0 unspecified atom stereocenters. The van der Waals surface area contributed by atoms with Crippen molar-refractivity contribution < 1.29 is 0 Å². The molecule has 0 aliphatic heterocycles. The summed E-state index contributed by atoms with van der Waals surface area (Å²) in [5.74, 6) is 0. The van der Waals surface area contributed by atoms with E-state index in [4.69, 9.17) is 0 Å². The lowest BCUT2D eigenvalue weighted by molar-refractivity contribution is 0.659. The third kappa shape index (κ3) is 8.48. The molecule has 92 heavy (non-hydrogen) atoms. The van der Waals surface area contributed by atoms with Gasteiger partial charge >= 0.3 is 0 Å². The first-order valence-electron chi connectivity index (χ1n) is 32.3. The SMILES string of the molecule is CC1(C)c2cc(/C=C/c3ccc(-c4ccc5c(c4)c4ccccc4n5-c4cccc5ccccc45)cc3)ccc2-c2ccc(-c3ccc4c(c3)C(C)(C)c3cc(/C=C/c5ccc(-c6ccc7c(c6)c6ccccc6n7-c6cccc7ccccc67)cc5)ccc3-4)cc21. The predicted molar refractivity (Wildman–Crippen MR) is 392 cm³/mol. The van der Waals surface area contributed by atoms with E-state index in [1.807, 2.05) is 0 Å². The van der Waals surface area contributed by atoms with Gasteiger partial charge in [-0.25, -0.2) is 0 Å². The number of hydrogen-bond donors (Lipinski definition) is 0. The van der Waals surface area contributed by atoms with Crippen LogP contribution in [0.1, 0.15) is 72.2 Å². The van der Waals surface area contributed by atoms with Gasteiger partial charge in [0.25, 0.3) is 0 Å². The molecule has 2 aromatic heterocycles. The van der Waals surface area contributed by atoms with Gasteiger partial charge in [0.2, 0.25) is 0 Å². The monoisotopic (exact) mass is 1170 g/mol. The van der Waals surface area contributed by atoms with E-state index in [2.05, 4.69) is 352 Å². The summed E-state index contributed by atoms with van der Waals surface area (Å²) in [7, 11) is 0. The molecule has 2 nitrogen and oxygen atoms in total. The van der Waals surface area contributed by atoms with Crippen molar-refractivity contribution in [3.05, 3.63) is 336 Å². The Morgan fingerprint density at radius 3 is 0.967 bits per heavy atom. The molecule has 434 valence electrons. The van der Waals surface area contributed by atoms with Gasteiger partial charge in [0.1, 0.15) is 0 Å². The second-order valence-corrected chi connectivity index (χ2v) is 26.5. The van der Waals surface area contributed by atoms with Crippen molar-refractivity contribution in [2.24, 2.45) is 0 Å². The van der Waals surface area contributed by atoms with Crippen LogP contribution in [0.25, 0.3) is 156 Å². The lowest BCUT2D eigenvalue weighted by Gasteiger charge is -2.23. The van der Waals surface area contributed by atoms with Crippen molar-refractivity contribution in [3.8, 4) is 67.0 Å². The number of para-hydroxylation sites is 2. The van der Waals surface area contributed by atoms with Crippen LogP contribution < -0.4 is 0 Å². The molecule has 2 heterocycles. The fourth-order valence-electron chi connectivity index (χ4n) is 15.7. The molecule has 0 radical (unpaired) electrons. The first kappa shape index (κ1) is 53.7. The van der Waals surface area contributed by atoms with Gasteiger partial charge in [0.15, 0.2) is 0 Å². The summed E-state index contributed by atoms with van der Waals surface area (Å²) >= 11 is 0. The second kappa shape index (κ2) is 20.6. The number of fused-ring (bicyclic) bond motifs is 14. The van der Waals surface area contributed by atoms with E-state index in [0.29, 0.717) is 0 Å². The molecule has 16 aromatic rings. The smallest absolute Gasteiger partial charge is 0.0541 e. The highest BCUT2D eigenvalue weighted by molar-refractivity contribution is 6.13. The quantitative estimate of drug-likeness (QED) is 0.128. The zero-order chi connectivity index (χ0) is 61.4. The maximum Gasteiger partial charge on any atom is 0.0541 e. The van der Waals surface area contributed by atoms with Crippen LogP contribution in [0.4, 0.5) is 0 Å². The first-order valence-corrected chi connectivity index (χ1v) is 32.3. The molecule has 0 saturated heterocycles. The van der Waals surface area contributed by atoms with Gasteiger partial charge in [-0.3, -0.25) is 0 Å². The molecule has 2 heteroatoms. The van der Waals surface area contributed by atoms with Gasteiger partial charge in [0, 0.05) is 43.1 Å². The van der Waals surface area contributed by atoms with E-state index < -0.39 is 0 Å². The molecule has 0 saturated carbocycles. The highest BCUT2D eigenvalue weighted by Crippen LogP contribution is 2.53. The third-order valence-corrected chi connectivity index (χ3v) is 20.5. The summed E-state index contributed by atoms with van der Waals surface area (Å²) in [6.07, 6.45) is 9.04. The van der Waals surface area contributed by atoms with Crippen LogP contribution in [0.2, 0.25) is 0 Å². The van der Waals surface area contributed by atoms with Crippen LogP contribution in [0.3, 0.4) is 0 Å². The molecule has 14 aromatic carbocycles. The third-order valence-electron chi connectivity index (χ3n) is 20.5. The summed E-state index contributed by atoms with van der Waals surface area (Å²) in [5, 5.41) is 10.0. The molecule has 0 N–H and O–H groups in total. The largest absolute Gasteiger partial charge is 0.309 e. The minimum Gasteiger partial charge on any atom is -0.309 e.